The van der Waals surface area contributed by atoms with Gasteiger partial charge in [0, 0.05) is 19.6 Å². The Morgan fingerprint density at radius 2 is 1.95 bits per heavy atom. The van der Waals surface area contributed by atoms with Gasteiger partial charge in [-0.2, -0.15) is 0 Å². The van der Waals surface area contributed by atoms with E-state index in [1.165, 1.54) is 10.6 Å². The minimum absolute atomic E-state index is 0.177. The highest BCUT2D eigenvalue weighted by Crippen LogP contribution is 2.37. The fourth-order valence-corrected chi connectivity index (χ4v) is 3.61. The Hall–Kier alpha value is -0.170. The van der Waals surface area contributed by atoms with Crippen molar-refractivity contribution in [3.8, 4) is 0 Å². The van der Waals surface area contributed by atoms with Gasteiger partial charge in [-0.15, -0.1) is 0 Å². The van der Waals surface area contributed by atoms with Gasteiger partial charge in [0.25, 0.3) is 0 Å². The fraction of sp³-hybridized carbons (Fsp3) is 1.00. The van der Waals surface area contributed by atoms with Crippen molar-refractivity contribution < 1.29 is 13.5 Å². The molecule has 2 unspecified atom stereocenters. The van der Waals surface area contributed by atoms with Gasteiger partial charge in [0.1, 0.15) is 0 Å². The Labute approximate surface area is 117 Å². The lowest BCUT2D eigenvalue weighted by Crippen LogP contribution is -2.52. The van der Waals surface area contributed by atoms with E-state index in [4.69, 9.17) is 5.73 Å². The van der Waals surface area contributed by atoms with Gasteiger partial charge >= 0.3 is 0 Å². The minimum Gasteiger partial charge on any atom is -0.388 e. The summed E-state index contributed by atoms with van der Waals surface area (Å²) in [6.45, 7) is 7.19. The Morgan fingerprint density at radius 1 is 1.37 bits per heavy atom. The summed E-state index contributed by atoms with van der Waals surface area (Å²) in [6.07, 6.45) is 3.60. The highest BCUT2D eigenvalue weighted by atomic mass is 32.2. The van der Waals surface area contributed by atoms with Crippen LogP contribution in [0.4, 0.5) is 0 Å². The van der Waals surface area contributed by atoms with Crippen LogP contribution in [-0.2, 0) is 10.0 Å². The standard InChI is InChI=1S/C13H28N2O3S/c1-12(2,3)13(16,10-14)8-11-6-5-7-15(9-11)19(4,17)18/h11,16H,5-10,14H2,1-4H3. The van der Waals surface area contributed by atoms with Crippen molar-refractivity contribution in [3.63, 3.8) is 0 Å². The average Bonchev–Trinajstić information content (AvgIpc) is 2.26. The summed E-state index contributed by atoms with van der Waals surface area (Å²) < 4.78 is 24.7. The van der Waals surface area contributed by atoms with E-state index in [2.05, 4.69) is 0 Å². The van der Waals surface area contributed by atoms with Gasteiger partial charge in [-0.25, -0.2) is 12.7 Å². The van der Waals surface area contributed by atoms with Gasteiger partial charge in [-0.3, -0.25) is 0 Å². The van der Waals surface area contributed by atoms with Gasteiger partial charge < -0.3 is 10.8 Å². The number of aliphatic hydroxyl groups is 1. The Bertz CT molecular complexity index is 403. The number of rotatable bonds is 4. The largest absolute Gasteiger partial charge is 0.388 e. The van der Waals surface area contributed by atoms with E-state index in [1.807, 2.05) is 20.8 Å². The van der Waals surface area contributed by atoms with E-state index in [-0.39, 0.29) is 17.9 Å². The zero-order valence-corrected chi connectivity index (χ0v) is 13.3. The van der Waals surface area contributed by atoms with Crippen LogP contribution in [0.3, 0.4) is 0 Å². The third-order valence-electron chi connectivity index (χ3n) is 4.31. The molecule has 1 fully saturated rings. The molecule has 0 radical (unpaired) electrons. The van der Waals surface area contributed by atoms with Crippen LogP contribution >= 0.6 is 0 Å². The normalized spacial score (nSPS) is 26.1. The van der Waals surface area contributed by atoms with Crippen molar-refractivity contribution in [2.45, 2.75) is 45.6 Å². The molecule has 1 heterocycles. The van der Waals surface area contributed by atoms with Crippen LogP contribution in [0.25, 0.3) is 0 Å². The number of hydrogen-bond acceptors (Lipinski definition) is 4. The first kappa shape index (κ1) is 16.9. The summed E-state index contributed by atoms with van der Waals surface area (Å²) in [5.41, 5.74) is 4.49. The molecule has 0 aromatic rings. The number of nitrogens with two attached hydrogens (primary N) is 1. The van der Waals surface area contributed by atoms with Crippen LogP contribution in [-0.4, -0.2) is 49.3 Å². The molecule has 114 valence electrons. The quantitative estimate of drug-likeness (QED) is 0.802. The zero-order valence-electron chi connectivity index (χ0n) is 12.5. The maximum Gasteiger partial charge on any atom is 0.211 e. The molecule has 0 aromatic carbocycles. The van der Waals surface area contributed by atoms with E-state index < -0.39 is 15.6 Å². The topological polar surface area (TPSA) is 83.6 Å². The molecule has 1 aliphatic rings. The molecule has 0 spiro atoms. The second-order valence-corrected chi connectivity index (χ2v) is 8.80. The van der Waals surface area contributed by atoms with E-state index in [9.17, 15) is 13.5 Å². The van der Waals surface area contributed by atoms with Crippen molar-refractivity contribution in [2.24, 2.45) is 17.1 Å². The summed E-state index contributed by atoms with van der Waals surface area (Å²) in [7, 11) is -3.14. The Morgan fingerprint density at radius 3 is 2.37 bits per heavy atom. The molecule has 1 aliphatic heterocycles. The molecule has 6 heteroatoms. The van der Waals surface area contributed by atoms with Gasteiger partial charge in [0.05, 0.1) is 11.9 Å². The van der Waals surface area contributed by atoms with E-state index in [0.717, 1.165) is 12.8 Å². The van der Waals surface area contributed by atoms with Crippen molar-refractivity contribution in [3.05, 3.63) is 0 Å². The Balaban J connectivity index is 2.77. The first-order valence-electron chi connectivity index (χ1n) is 6.87. The number of nitrogens with zero attached hydrogens (tertiary/aromatic N) is 1. The van der Waals surface area contributed by atoms with Crippen LogP contribution in [0.1, 0.15) is 40.0 Å². The number of piperidine rings is 1. The second kappa shape index (κ2) is 5.68. The average molecular weight is 292 g/mol. The second-order valence-electron chi connectivity index (χ2n) is 6.82. The van der Waals surface area contributed by atoms with Crippen molar-refractivity contribution in [1.82, 2.24) is 4.31 Å². The van der Waals surface area contributed by atoms with Crippen molar-refractivity contribution in [2.75, 3.05) is 25.9 Å². The van der Waals surface area contributed by atoms with Gasteiger partial charge in [0.15, 0.2) is 0 Å². The van der Waals surface area contributed by atoms with Crippen LogP contribution in [0.2, 0.25) is 0 Å². The molecule has 19 heavy (non-hydrogen) atoms. The van der Waals surface area contributed by atoms with Gasteiger partial charge in [0.2, 0.25) is 10.0 Å². The monoisotopic (exact) mass is 292 g/mol. The third kappa shape index (κ3) is 4.15. The van der Waals surface area contributed by atoms with Crippen LogP contribution in [0.15, 0.2) is 0 Å². The predicted molar refractivity (Wildman–Crippen MR) is 77.2 cm³/mol. The molecule has 0 aliphatic carbocycles. The highest BCUT2D eigenvalue weighted by Gasteiger charge is 2.41. The molecule has 0 saturated carbocycles. The maximum atomic E-state index is 11.6. The zero-order chi connectivity index (χ0) is 14.9. The number of hydrogen-bond donors (Lipinski definition) is 2. The molecule has 5 nitrogen and oxygen atoms in total. The number of sulfonamides is 1. The molecule has 0 aromatic heterocycles. The lowest BCUT2D eigenvalue weighted by molar-refractivity contribution is -0.0714. The third-order valence-corrected chi connectivity index (χ3v) is 5.58. The van der Waals surface area contributed by atoms with Gasteiger partial charge in [-0.1, -0.05) is 20.8 Å². The molecular weight excluding hydrogens is 264 g/mol. The van der Waals surface area contributed by atoms with Gasteiger partial charge in [-0.05, 0) is 30.6 Å². The summed E-state index contributed by atoms with van der Waals surface area (Å²) in [6, 6.07) is 0. The fourth-order valence-electron chi connectivity index (χ4n) is 2.67. The van der Waals surface area contributed by atoms with E-state index in [1.54, 1.807) is 0 Å². The van der Waals surface area contributed by atoms with Crippen LogP contribution in [0, 0.1) is 11.3 Å². The molecule has 1 saturated heterocycles. The van der Waals surface area contributed by atoms with E-state index >= 15 is 0 Å². The smallest absolute Gasteiger partial charge is 0.211 e. The first-order chi connectivity index (χ1) is 8.49. The summed E-state index contributed by atoms with van der Waals surface area (Å²) in [5, 5.41) is 10.7. The molecule has 0 bridgehead atoms. The summed E-state index contributed by atoms with van der Waals surface area (Å²) in [5.74, 6) is 0.177. The predicted octanol–water partition coefficient (Wildman–Crippen LogP) is 0.784. The molecular formula is C13H28N2O3S. The molecule has 0 amide bonds. The lowest BCUT2D eigenvalue weighted by Gasteiger charge is -2.43. The SMILES string of the molecule is CC(C)(C)C(O)(CN)CC1CCCN(S(C)(=O)=O)C1. The van der Waals surface area contributed by atoms with Crippen LogP contribution < -0.4 is 5.73 Å². The molecule has 2 atom stereocenters. The molecule has 1 rings (SSSR count). The van der Waals surface area contributed by atoms with Crippen molar-refractivity contribution in [1.29, 1.82) is 0 Å². The summed E-state index contributed by atoms with van der Waals surface area (Å²) >= 11 is 0. The minimum atomic E-state index is -3.14. The maximum absolute atomic E-state index is 11.6. The highest BCUT2D eigenvalue weighted by molar-refractivity contribution is 7.88. The first-order valence-corrected chi connectivity index (χ1v) is 8.72. The van der Waals surface area contributed by atoms with Crippen molar-refractivity contribution >= 4 is 10.0 Å². The lowest BCUT2D eigenvalue weighted by atomic mass is 9.70. The van der Waals surface area contributed by atoms with Crippen LogP contribution in [0.5, 0.6) is 0 Å². The Kier molecular flexibility index (Phi) is 5.04. The summed E-state index contributed by atoms with van der Waals surface area (Å²) in [4.78, 5) is 0. The molecule has 3 N–H and O–H groups in total. The van der Waals surface area contributed by atoms with E-state index in [0.29, 0.717) is 19.5 Å².